The van der Waals surface area contributed by atoms with E-state index in [-0.39, 0.29) is 24.0 Å². The van der Waals surface area contributed by atoms with E-state index in [1.807, 2.05) is 12.5 Å². The van der Waals surface area contributed by atoms with Crippen molar-refractivity contribution in [1.82, 2.24) is 19.8 Å². The van der Waals surface area contributed by atoms with Gasteiger partial charge in [0, 0.05) is 38.6 Å². The Bertz CT molecular complexity index is 772. The summed E-state index contributed by atoms with van der Waals surface area (Å²) < 4.78 is 33.7. The maximum Gasteiger partial charge on any atom is 0.193 e. The summed E-state index contributed by atoms with van der Waals surface area (Å²) in [7, 11) is 1.75. The molecule has 1 saturated heterocycles. The van der Waals surface area contributed by atoms with Gasteiger partial charge in [0.05, 0.1) is 18.9 Å². The zero-order valence-electron chi connectivity index (χ0n) is 16.0. The van der Waals surface area contributed by atoms with Crippen molar-refractivity contribution in [2.75, 3.05) is 33.3 Å². The second-order valence-electron chi connectivity index (χ2n) is 6.69. The number of hydrogen-bond donors (Lipinski definition) is 1. The average Bonchev–Trinajstić information content (AvgIpc) is 3.20. The van der Waals surface area contributed by atoms with Gasteiger partial charge in [0.1, 0.15) is 12.4 Å². The van der Waals surface area contributed by atoms with Gasteiger partial charge >= 0.3 is 0 Å². The van der Waals surface area contributed by atoms with Crippen LogP contribution < -0.4 is 10.1 Å². The van der Waals surface area contributed by atoms with Crippen LogP contribution in [0, 0.1) is 17.6 Å². The summed E-state index contributed by atoms with van der Waals surface area (Å²) in [6, 6.07) is 3.86. The largest absolute Gasteiger partial charge is 0.492 e. The van der Waals surface area contributed by atoms with Crippen molar-refractivity contribution in [2.45, 2.75) is 19.4 Å². The molecule has 2 unspecified atom stereocenters. The van der Waals surface area contributed by atoms with Gasteiger partial charge in [0.25, 0.3) is 0 Å². The highest BCUT2D eigenvalue weighted by molar-refractivity contribution is 14.0. The molecule has 0 amide bonds. The Balaban J connectivity index is 0.00000280. The topological polar surface area (TPSA) is 54.7 Å². The highest BCUT2D eigenvalue weighted by Crippen LogP contribution is 2.27. The van der Waals surface area contributed by atoms with Crippen LogP contribution >= 0.6 is 24.0 Å². The maximum absolute atomic E-state index is 13.2. The first-order valence-electron chi connectivity index (χ1n) is 9.09. The predicted molar refractivity (Wildman–Crippen MR) is 115 cm³/mol. The number of rotatable bonds is 5. The van der Waals surface area contributed by atoms with Crippen molar-refractivity contribution >= 4 is 29.9 Å². The van der Waals surface area contributed by atoms with Crippen LogP contribution in [0.3, 0.4) is 0 Å². The van der Waals surface area contributed by atoms with E-state index in [0.29, 0.717) is 30.9 Å². The number of guanidine groups is 1. The van der Waals surface area contributed by atoms with Gasteiger partial charge < -0.3 is 19.5 Å². The molecule has 2 atom stereocenters. The molecule has 0 radical (unpaired) electrons. The summed E-state index contributed by atoms with van der Waals surface area (Å²) in [4.78, 5) is 10.7. The van der Waals surface area contributed by atoms with Crippen LogP contribution in [0.15, 0.2) is 41.9 Å². The van der Waals surface area contributed by atoms with Crippen molar-refractivity contribution in [3.63, 3.8) is 0 Å². The Hall–Kier alpha value is -1.91. The molecule has 1 aliphatic rings. The number of likely N-dealkylation sites (tertiary alicyclic amines) is 1. The lowest BCUT2D eigenvalue weighted by atomic mass is 9.93. The van der Waals surface area contributed by atoms with Crippen molar-refractivity contribution in [2.24, 2.45) is 10.9 Å². The molecule has 2 heterocycles. The van der Waals surface area contributed by atoms with Crippen LogP contribution in [0.5, 0.6) is 5.75 Å². The fourth-order valence-electron chi connectivity index (χ4n) is 3.33. The highest BCUT2D eigenvalue weighted by atomic mass is 127. The van der Waals surface area contributed by atoms with E-state index >= 15 is 0 Å². The Labute approximate surface area is 181 Å². The molecule has 28 heavy (non-hydrogen) atoms. The number of aromatic nitrogens is 2. The molecule has 9 heteroatoms. The van der Waals surface area contributed by atoms with E-state index in [9.17, 15) is 8.78 Å². The second kappa shape index (κ2) is 10.6. The monoisotopic (exact) mass is 505 g/mol. The summed E-state index contributed by atoms with van der Waals surface area (Å²) in [6.07, 6.45) is 6.72. The smallest absolute Gasteiger partial charge is 0.193 e. The number of nitrogens with zero attached hydrogens (tertiary/aromatic N) is 4. The zero-order valence-corrected chi connectivity index (χ0v) is 18.3. The van der Waals surface area contributed by atoms with E-state index in [0.717, 1.165) is 37.6 Å². The third-order valence-electron chi connectivity index (χ3n) is 4.88. The number of imidazole rings is 1. The van der Waals surface area contributed by atoms with E-state index < -0.39 is 11.6 Å². The van der Waals surface area contributed by atoms with Crippen LogP contribution in [-0.2, 0) is 0 Å². The van der Waals surface area contributed by atoms with Gasteiger partial charge in [-0.1, -0.05) is 6.92 Å². The minimum atomic E-state index is -0.913. The molecule has 0 bridgehead atoms. The fraction of sp³-hybridized carbons (Fsp3) is 0.474. The Morgan fingerprint density at radius 1 is 1.36 bits per heavy atom. The summed E-state index contributed by atoms with van der Waals surface area (Å²) >= 11 is 0. The lowest BCUT2D eigenvalue weighted by molar-refractivity contribution is 0.188. The molecule has 1 aliphatic heterocycles. The summed E-state index contributed by atoms with van der Waals surface area (Å²) in [6.45, 7) is 4.86. The molecule has 1 aromatic carbocycles. The standard InChI is InChI=1S/C19H25F2N5O.HI/c1-14-5-8-25(12-18(14)26-9-6-23-13-26)19(22-2)24-7-10-27-15-3-4-16(20)17(21)11-15;/h3-4,6,9,11,13-14,18H,5,7-8,10,12H2,1-2H3,(H,22,24);1H. The van der Waals surface area contributed by atoms with Gasteiger partial charge in [0.15, 0.2) is 17.6 Å². The first kappa shape index (κ1) is 22.4. The molecular formula is C19H26F2IN5O. The first-order valence-corrected chi connectivity index (χ1v) is 9.09. The average molecular weight is 505 g/mol. The van der Waals surface area contributed by atoms with Gasteiger partial charge in [-0.2, -0.15) is 0 Å². The Morgan fingerprint density at radius 2 is 2.18 bits per heavy atom. The van der Waals surface area contributed by atoms with Crippen LogP contribution in [-0.4, -0.2) is 53.7 Å². The minimum absolute atomic E-state index is 0. The minimum Gasteiger partial charge on any atom is -0.492 e. The number of benzene rings is 1. The second-order valence-corrected chi connectivity index (χ2v) is 6.69. The molecule has 154 valence electrons. The van der Waals surface area contributed by atoms with Crippen LogP contribution in [0.2, 0.25) is 0 Å². The quantitative estimate of drug-likeness (QED) is 0.293. The number of nitrogens with one attached hydrogen (secondary N) is 1. The van der Waals surface area contributed by atoms with Crippen LogP contribution in [0.1, 0.15) is 19.4 Å². The number of halogens is 3. The van der Waals surface area contributed by atoms with E-state index in [1.165, 1.54) is 6.07 Å². The molecule has 6 nitrogen and oxygen atoms in total. The van der Waals surface area contributed by atoms with Gasteiger partial charge in [-0.15, -0.1) is 24.0 Å². The SMILES string of the molecule is CN=C(NCCOc1ccc(F)c(F)c1)N1CCC(C)C(n2ccnc2)C1.I. The van der Waals surface area contributed by atoms with Crippen molar-refractivity contribution in [3.05, 3.63) is 48.6 Å². The Kier molecular flexibility index (Phi) is 8.46. The van der Waals surface area contributed by atoms with Gasteiger partial charge in [-0.3, -0.25) is 4.99 Å². The summed E-state index contributed by atoms with van der Waals surface area (Å²) in [5.41, 5.74) is 0. The molecule has 0 saturated carbocycles. The molecule has 3 rings (SSSR count). The van der Waals surface area contributed by atoms with Gasteiger partial charge in [-0.05, 0) is 24.5 Å². The number of hydrogen-bond acceptors (Lipinski definition) is 3. The summed E-state index contributed by atoms with van der Waals surface area (Å²) in [5, 5.41) is 3.27. The fourth-order valence-corrected chi connectivity index (χ4v) is 3.33. The van der Waals surface area contributed by atoms with Gasteiger partial charge in [-0.25, -0.2) is 13.8 Å². The molecular weight excluding hydrogens is 479 g/mol. The zero-order chi connectivity index (χ0) is 19.2. The van der Waals surface area contributed by atoms with Gasteiger partial charge in [0.2, 0.25) is 0 Å². The van der Waals surface area contributed by atoms with Crippen molar-refractivity contribution < 1.29 is 13.5 Å². The molecule has 1 N–H and O–H groups in total. The van der Waals surface area contributed by atoms with E-state index in [4.69, 9.17) is 4.74 Å². The van der Waals surface area contributed by atoms with E-state index in [2.05, 4.69) is 31.7 Å². The predicted octanol–water partition coefficient (Wildman–Crippen LogP) is 3.32. The number of ether oxygens (including phenoxy) is 1. The highest BCUT2D eigenvalue weighted by Gasteiger charge is 2.28. The molecule has 0 aliphatic carbocycles. The lowest BCUT2D eigenvalue weighted by Crippen LogP contribution is -2.49. The number of piperidine rings is 1. The summed E-state index contributed by atoms with van der Waals surface area (Å²) in [5.74, 6) is -0.124. The third kappa shape index (κ3) is 5.55. The normalized spacial score (nSPS) is 19.9. The lowest BCUT2D eigenvalue weighted by Gasteiger charge is -2.39. The maximum atomic E-state index is 13.2. The molecule has 0 spiro atoms. The van der Waals surface area contributed by atoms with E-state index in [1.54, 1.807) is 13.2 Å². The molecule has 1 aromatic heterocycles. The Morgan fingerprint density at radius 3 is 2.86 bits per heavy atom. The van der Waals surface area contributed by atoms with Crippen molar-refractivity contribution in [1.29, 1.82) is 0 Å². The third-order valence-corrected chi connectivity index (χ3v) is 4.88. The molecule has 2 aromatic rings. The first-order chi connectivity index (χ1) is 13.1. The van der Waals surface area contributed by atoms with Crippen LogP contribution in [0.25, 0.3) is 0 Å². The van der Waals surface area contributed by atoms with Crippen LogP contribution in [0.4, 0.5) is 8.78 Å². The number of aliphatic imine (C=N–C) groups is 1. The molecule has 1 fully saturated rings. The van der Waals surface area contributed by atoms with Crippen molar-refractivity contribution in [3.8, 4) is 5.75 Å².